The van der Waals surface area contributed by atoms with Crippen LogP contribution in [0.4, 0.5) is 0 Å². The van der Waals surface area contributed by atoms with Crippen LogP contribution in [0.15, 0.2) is 243 Å². The smallest absolute Gasteiger partial charge is 0.164 e. The van der Waals surface area contributed by atoms with Crippen molar-refractivity contribution in [2.45, 2.75) is 0 Å². The lowest BCUT2D eigenvalue weighted by molar-refractivity contribution is 1.07. The van der Waals surface area contributed by atoms with Gasteiger partial charge in [0.05, 0.1) is 0 Å². The second kappa shape index (κ2) is 18.0. The molecule has 0 amide bonds. The van der Waals surface area contributed by atoms with Crippen molar-refractivity contribution < 1.29 is 0 Å². The number of rotatable bonds is 10. The highest BCUT2D eigenvalue weighted by atomic mass is 15.0. The van der Waals surface area contributed by atoms with E-state index < -0.39 is 0 Å². The SMILES string of the molecule is c1ccc(-c2cccc(-c3ccc(-c4nc(-c5ccccc5)nc(-c5cccc(-c6cccc(-c7cccc(-c8nc(-c9ccccc9)nc(-c9ccccc9)n8)c7)c6)c5)n4)cc3)c2)cc1. The molecule has 66 heavy (non-hydrogen) atoms. The first-order valence-corrected chi connectivity index (χ1v) is 21.9. The average molecular weight is 845 g/mol. The molecule has 11 rings (SSSR count). The number of aromatic nitrogens is 6. The van der Waals surface area contributed by atoms with E-state index in [-0.39, 0.29) is 0 Å². The molecule has 0 N–H and O–H groups in total. The minimum absolute atomic E-state index is 0.603. The van der Waals surface area contributed by atoms with Crippen molar-refractivity contribution in [1.29, 1.82) is 0 Å². The number of benzene rings is 9. The second-order valence-electron chi connectivity index (χ2n) is 16.0. The van der Waals surface area contributed by atoms with Crippen LogP contribution in [0.1, 0.15) is 0 Å². The normalized spacial score (nSPS) is 11.0. The largest absolute Gasteiger partial charge is 0.208 e. The molecule has 0 saturated carbocycles. The van der Waals surface area contributed by atoms with E-state index >= 15 is 0 Å². The summed E-state index contributed by atoms with van der Waals surface area (Å²) in [4.78, 5) is 30.0. The maximum Gasteiger partial charge on any atom is 0.164 e. The van der Waals surface area contributed by atoms with Crippen LogP contribution in [-0.4, -0.2) is 29.9 Å². The third-order valence-corrected chi connectivity index (χ3v) is 11.6. The Labute approximate surface area is 383 Å². The lowest BCUT2D eigenvalue weighted by atomic mass is 9.97. The molecule has 0 saturated heterocycles. The molecule has 0 fully saturated rings. The summed E-state index contributed by atoms with van der Waals surface area (Å²) in [5.41, 5.74) is 14.4. The Morgan fingerprint density at radius 1 is 0.136 bits per heavy atom. The van der Waals surface area contributed by atoms with Gasteiger partial charge in [0.1, 0.15) is 0 Å². The first-order valence-electron chi connectivity index (χ1n) is 21.9. The molecule has 0 aliphatic heterocycles. The predicted octanol–water partition coefficient (Wildman–Crippen LogP) is 14.7. The van der Waals surface area contributed by atoms with Crippen LogP contribution < -0.4 is 0 Å². The van der Waals surface area contributed by atoms with E-state index in [0.717, 1.165) is 66.8 Å². The molecule has 2 heterocycles. The Morgan fingerprint density at radius 2 is 0.318 bits per heavy atom. The van der Waals surface area contributed by atoms with Crippen molar-refractivity contribution in [3.63, 3.8) is 0 Å². The molecule has 6 nitrogen and oxygen atoms in total. The van der Waals surface area contributed by atoms with Crippen molar-refractivity contribution in [3.05, 3.63) is 243 Å². The highest BCUT2D eigenvalue weighted by Gasteiger charge is 2.16. The summed E-state index contributed by atoms with van der Waals surface area (Å²) in [6, 6.07) is 83.2. The first kappa shape index (κ1) is 39.8. The van der Waals surface area contributed by atoms with Gasteiger partial charge in [-0.05, 0) is 68.8 Å². The van der Waals surface area contributed by atoms with Gasteiger partial charge in [-0.3, -0.25) is 0 Å². The number of hydrogen-bond acceptors (Lipinski definition) is 6. The molecule has 310 valence electrons. The number of nitrogens with zero attached hydrogens (tertiary/aromatic N) is 6. The standard InChI is InChI=1S/C60H40N6/c1-5-17-41(18-6-1)47-25-13-26-48(37-47)42-33-35-46(36-34-42)58-62-57(45-23-11-4-12-24-45)65-60(66-58)54-32-16-30-52(40-54)50-28-14-27-49(38-50)51-29-15-31-53(39-51)59-63-55(43-19-7-2-8-20-43)61-56(64-59)44-21-9-3-10-22-44/h1-40H. The van der Waals surface area contributed by atoms with Crippen LogP contribution >= 0.6 is 0 Å². The summed E-state index contributed by atoms with van der Waals surface area (Å²) in [7, 11) is 0. The minimum Gasteiger partial charge on any atom is -0.208 e. The summed E-state index contributed by atoms with van der Waals surface area (Å²) >= 11 is 0. The zero-order valence-electron chi connectivity index (χ0n) is 35.8. The minimum atomic E-state index is 0.603. The van der Waals surface area contributed by atoms with Gasteiger partial charge in [0.2, 0.25) is 0 Å². The van der Waals surface area contributed by atoms with Crippen molar-refractivity contribution in [2.24, 2.45) is 0 Å². The molecular weight excluding hydrogens is 805 g/mol. The van der Waals surface area contributed by atoms with E-state index in [0.29, 0.717) is 34.9 Å². The van der Waals surface area contributed by atoms with Gasteiger partial charge in [0.25, 0.3) is 0 Å². The Kier molecular flexibility index (Phi) is 10.9. The Hall–Kier alpha value is -9.00. The molecule has 0 aliphatic rings. The maximum absolute atomic E-state index is 5.11. The molecule has 0 spiro atoms. The van der Waals surface area contributed by atoms with Gasteiger partial charge >= 0.3 is 0 Å². The van der Waals surface area contributed by atoms with Gasteiger partial charge in [0, 0.05) is 33.4 Å². The topological polar surface area (TPSA) is 77.3 Å². The van der Waals surface area contributed by atoms with Crippen LogP contribution in [0.3, 0.4) is 0 Å². The van der Waals surface area contributed by atoms with E-state index in [1.54, 1.807) is 0 Å². The van der Waals surface area contributed by atoms with Crippen LogP contribution in [0.2, 0.25) is 0 Å². The summed E-state index contributed by atoms with van der Waals surface area (Å²) < 4.78 is 0. The summed E-state index contributed by atoms with van der Waals surface area (Å²) in [5, 5.41) is 0. The molecular formula is C60H40N6. The molecule has 2 aromatic heterocycles. The second-order valence-corrected chi connectivity index (χ2v) is 16.0. The quantitative estimate of drug-likeness (QED) is 0.136. The predicted molar refractivity (Wildman–Crippen MR) is 268 cm³/mol. The van der Waals surface area contributed by atoms with E-state index in [1.165, 1.54) is 11.1 Å². The highest BCUT2D eigenvalue weighted by Crippen LogP contribution is 2.34. The zero-order valence-corrected chi connectivity index (χ0v) is 35.8. The van der Waals surface area contributed by atoms with Crippen LogP contribution in [0.25, 0.3) is 113 Å². The van der Waals surface area contributed by atoms with Gasteiger partial charge in [0.15, 0.2) is 34.9 Å². The Morgan fingerprint density at radius 3 is 0.636 bits per heavy atom. The van der Waals surface area contributed by atoms with Gasteiger partial charge in [-0.2, -0.15) is 0 Å². The van der Waals surface area contributed by atoms with E-state index in [9.17, 15) is 0 Å². The van der Waals surface area contributed by atoms with Gasteiger partial charge in [-0.1, -0.05) is 218 Å². The van der Waals surface area contributed by atoms with Crippen LogP contribution in [0.5, 0.6) is 0 Å². The third kappa shape index (κ3) is 8.54. The molecule has 0 atom stereocenters. The maximum atomic E-state index is 5.11. The van der Waals surface area contributed by atoms with E-state index in [4.69, 9.17) is 29.9 Å². The van der Waals surface area contributed by atoms with Gasteiger partial charge in [-0.25, -0.2) is 29.9 Å². The van der Waals surface area contributed by atoms with E-state index in [1.807, 2.05) is 97.1 Å². The van der Waals surface area contributed by atoms with E-state index in [2.05, 4.69) is 146 Å². The molecule has 6 heteroatoms. The Balaban J connectivity index is 0.919. The monoisotopic (exact) mass is 844 g/mol. The molecule has 0 aliphatic carbocycles. The van der Waals surface area contributed by atoms with Crippen molar-refractivity contribution in [2.75, 3.05) is 0 Å². The van der Waals surface area contributed by atoms with Crippen molar-refractivity contribution >= 4 is 0 Å². The lowest BCUT2D eigenvalue weighted by Gasteiger charge is -2.11. The highest BCUT2D eigenvalue weighted by molar-refractivity contribution is 5.79. The lowest BCUT2D eigenvalue weighted by Crippen LogP contribution is -2.00. The molecule has 0 radical (unpaired) electrons. The fourth-order valence-corrected chi connectivity index (χ4v) is 8.16. The number of hydrogen-bond donors (Lipinski definition) is 0. The zero-order chi connectivity index (χ0) is 44.1. The van der Waals surface area contributed by atoms with Crippen molar-refractivity contribution in [1.82, 2.24) is 29.9 Å². The van der Waals surface area contributed by atoms with Gasteiger partial charge in [-0.15, -0.1) is 0 Å². The average Bonchev–Trinajstić information content (AvgIpc) is 3.42. The van der Waals surface area contributed by atoms with Crippen molar-refractivity contribution in [3.8, 4) is 113 Å². The fourth-order valence-electron chi connectivity index (χ4n) is 8.16. The van der Waals surface area contributed by atoms with Crippen LogP contribution in [0, 0.1) is 0 Å². The Bertz CT molecular complexity index is 3390. The first-order chi connectivity index (χ1) is 32.7. The molecule has 9 aromatic carbocycles. The van der Waals surface area contributed by atoms with Crippen LogP contribution in [-0.2, 0) is 0 Å². The third-order valence-electron chi connectivity index (χ3n) is 11.6. The molecule has 0 bridgehead atoms. The summed E-state index contributed by atoms with van der Waals surface area (Å²) in [5.74, 6) is 3.71. The molecule has 0 unspecified atom stereocenters. The summed E-state index contributed by atoms with van der Waals surface area (Å²) in [6.07, 6.45) is 0. The summed E-state index contributed by atoms with van der Waals surface area (Å²) in [6.45, 7) is 0. The molecule has 11 aromatic rings. The van der Waals surface area contributed by atoms with Gasteiger partial charge < -0.3 is 0 Å². The fraction of sp³-hybridized carbons (Fsp3) is 0.